The van der Waals surface area contributed by atoms with Crippen molar-refractivity contribution in [1.82, 2.24) is 25.1 Å². The third-order valence-electron chi connectivity index (χ3n) is 4.79. The molecule has 2 aromatic carbocycles. The zero-order valence-corrected chi connectivity index (χ0v) is 15.8. The second kappa shape index (κ2) is 6.85. The van der Waals surface area contributed by atoms with E-state index < -0.39 is 0 Å². The topological polar surface area (TPSA) is 78.9 Å². The summed E-state index contributed by atoms with van der Waals surface area (Å²) in [6.45, 7) is 2.89. The van der Waals surface area contributed by atoms with Crippen LogP contribution in [-0.4, -0.2) is 25.1 Å². The Morgan fingerprint density at radius 2 is 1.93 bits per heavy atom. The molecule has 1 aliphatic rings. The number of halogens is 1. The summed E-state index contributed by atoms with van der Waals surface area (Å²) in [6.07, 6.45) is -0.177. The van der Waals surface area contributed by atoms with E-state index in [0.29, 0.717) is 35.6 Å². The predicted octanol–water partition coefficient (Wildman–Crippen LogP) is 4.23. The van der Waals surface area contributed by atoms with Gasteiger partial charge in [0.1, 0.15) is 6.10 Å². The Morgan fingerprint density at radius 3 is 2.75 bits per heavy atom. The maximum atomic E-state index is 6.30. The predicted molar refractivity (Wildman–Crippen MR) is 102 cm³/mol. The van der Waals surface area contributed by atoms with Crippen LogP contribution in [0, 0.1) is 6.92 Å². The van der Waals surface area contributed by atoms with Gasteiger partial charge in [-0.05, 0) is 25.1 Å². The Morgan fingerprint density at radius 1 is 1.11 bits per heavy atom. The Bertz CT molecular complexity index is 1140. The van der Waals surface area contributed by atoms with Gasteiger partial charge in [-0.15, -0.1) is 5.10 Å². The molecule has 0 fully saturated rings. The zero-order chi connectivity index (χ0) is 19.1. The van der Waals surface area contributed by atoms with E-state index in [1.54, 1.807) is 0 Å². The van der Waals surface area contributed by atoms with Crippen LogP contribution in [0.3, 0.4) is 0 Å². The van der Waals surface area contributed by atoms with Crippen molar-refractivity contribution in [1.29, 1.82) is 0 Å². The molecule has 28 heavy (non-hydrogen) atoms. The Kier molecular flexibility index (Phi) is 4.18. The number of aryl methyl sites for hydroxylation is 1. The average Bonchev–Trinajstić information content (AvgIpc) is 3.35. The smallest absolute Gasteiger partial charge is 0.258 e. The molecule has 8 heteroatoms. The lowest BCUT2D eigenvalue weighted by Gasteiger charge is -2.24. The van der Waals surface area contributed by atoms with Crippen molar-refractivity contribution >= 4 is 11.6 Å². The number of hydrogen-bond donors (Lipinski definition) is 0. The molecule has 0 aliphatic carbocycles. The number of ether oxygens (including phenoxy) is 1. The molecule has 0 bridgehead atoms. The van der Waals surface area contributed by atoms with E-state index in [1.165, 1.54) is 5.56 Å². The molecular formula is C20H16ClN5O2. The van der Waals surface area contributed by atoms with Crippen LogP contribution >= 0.6 is 11.6 Å². The number of hydrogen-bond acceptors (Lipinski definition) is 6. The van der Waals surface area contributed by atoms with Crippen molar-refractivity contribution in [3.63, 3.8) is 0 Å². The molecule has 3 heterocycles. The Balaban J connectivity index is 1.43. The van der Waals surface area contributed by atoms with Gasteiger partial charge in [0, 0.05) is 16.1 Å². The molecule has 0 spiro atoms. The summed E-state index contributed by atoms with van der Waals surface area (Å²) >= 11 is 6.30. The molecule has 0 saturated carbocycles. The minimum atomic E-state index is -0.177. The number of fused-ring (bicyclic) bond motifs is 1. The zero-order valence-electron chi connectivity index (χ0n) is 15.0. The van der Waals surface area contributed by atoms with Crippen LogP contribution in [0.1, 0.15) is 22.9 Å². The number of rotatable bonds is 3. The molecule has 0 radical (unpaired) electrons. The van der Waals surface area contributed by atoms with Crippen molar-refractivity contribution in [3.05, 3.63) is 70.4 Å². The second-order valence-electron chi connectivity index (χ2n) is 6.68. The summed E-state index contributed by atoms with van der Waals surface area (Å²) < 4.78 is 13.3. The van der Waals surface area contributed by atoms with Crippen molar-refractivity contribution < 1.29 is 9.26 Å². The summed E-state index contributed by atoms with van der Waals surface area (Å²) in [7, 11) is 0. The molecule has 1 aliphatic heterocycles. The van der Waals surface area contributed by atoms with Gasteiger partial charge < -0.3 is 9.26 Å². The SMILES string of the molecule is Cc1ccc(-c2nc(-c3nnn4c3CO[C@@H](c3ccccc3Cl)C4)no2)cc1. The third kappa shape index (κ3) is 2.98. The van der Waals surface area contributed by atoms with Gasteiger partial charge >= 0.3 is 0 Å². The summed E-state index contributed by atoms with van der Waals surface area (Å²) in [5.74, 6) is 0.846. The van der Waals surface area contributed by atoms with Crippen molar-refractivity contribution in [3.8, 4) is 23.0 Å². The van der Waals surface area contributed by atoms with Gasteiger partial charge in [-0.3, -0.25) is 0 Å². The van der Waals surface area contributed by atoms with Gasteiger partial charge in [0.05, 0.1) is 18.8 Å². The lowest BCUT2D eigenvalue weighted by Crippen LogP contribution is -2.22. The normalized spacial score (nSPS) is 16.1. The third-order valence-corrected chi connectivity index (χ3v) is 5.13. The highest BCUT2D eigenvalue weighted by atomic mass is 35.5. The van der Waals surface area contributed by atoms with E-state index in [2.05, 4.69) is 20.5 Å². The monoisotopic (exact) mass is 393 g/mol. The maximum Gasteiger partial charge on any atom is 0.258 e. The van der Waals surface area contributed by atoms with Crippen molar-refractivity contribution in [2.24, 2.45) is 0 Å². The first-order chi connectivity index (χ1) is 13.7. The first-order valence-corrected chi connectivity index (χ1v) is 9.26. The van der Waals surface area contributed by atoms with Gasteiger partial charge in [0.15, 0.2) is 5.69 Å². The molecule has 5 rings (SSSR count). The molecule has 0 unspecified atom stereocenters. The second-order valence-corrected chi connectivity index (χ2v) is 7.08. The van der Waals surface area contributed by atoms with E-state index >= 15 is 0 Å². The fourth-order valence-electron chi connectivity index (χ4n) is 3.24. The van der Waals surface area contributed by atoms with Gasteiger partial charge in [-0.25, -0.2) is 4.68 Å². The van der Waals surface area contributed by atoms with Gasteiger partial charge in [-0.1, -0.05) is 57.9 Å². The molecule has 0 amide bonds. The summed E-state index contributed by atoms with van der Waals surface area (Å²) in [6, 6.07) is 15.6. The van der Waals surface area contributed by atoms with Crippen LogP contribution in [0.25, 0.3) is 23.0 Å². The summed E-state index contributed by atoms with van der Waals surface area (Å²) in [5.41, 5.74) is 4.36. The molecule has 7 nitrogen and oxygen atoms in total. The quantitative estimate of drug-likeness (QED) is 0.518. The van der Waals surface area contributed by atoms with Crippen LogP contribution in [0.4, 0.5) is 0 Å². The van der Waals surface area contributed by atoms with Crippen LogP contribution in [0.15, 0.2) is 53.1 Å². The molecule has 4 aromatic rings. The lowest BCUT2D eigenvalue weighted by atomic mass is 10.1. The van der Waals surface area contributed by atoms with Crippen LogP contribution < -0.4 is 0 Å². The fraction of sp³-hybridized carbons (Fsp3) is 0.200. The van der Waals surface area contributed by atoms with Crippen LogP contribution in [0.5, 0.6) is 0 Å². The first kappa shape index (κ1) is 17.1. The standard InChI is InChI=1S/C20H16ClN5O2/c1-12-6-8-13(9-7-12)20-22-19(24-28-20)18-16-11-27-17(10-26(16)25-23-18)14-4-2-3-5-15(14)21/h2-9,17H,10-11H2,1H3/t17-/m1/s1. The highest BCUT2D eigenvalue weighted by Gasteiger charge is 2.28. The maximum absolute atomic E-state index is 6.30. The van der Waals surface area contributed by atoms with E-state index in [1.807, 2.05) is 60.1 Å². The van der Waals surface area contributed by atoms with E-state index in [9.17, 15) is 0 Å². The molecule has 140 valence electrons. The van der Waals surface area contributed by atoms with Crippen LogP contribution in [0.2, 0.25) is 5.02 Å². The van der Waals surface area contributed by atoms with E-state index in [-0.39, 0.29) is 6.10 Å². The van der Waals surface area contributed by atoms with Crippen molar-refractivity contribution in [2.45, 2.75) is 26.2 Å². The highest BCUT2D eigenvalue weighted by Crippen LogP contribution is 2.33. The van der Waals surface area contributed by atoms with Crippen LogP contribution in [-0.2, 0) is 17.9 Å². The minimum absolute atomic E-state index is 0.177. The van der Waals surface area contributed by atoms with Crippen molar-refractivity contribution in [2.75, 3.05) is 0 Å². The lowest BCUT2D eigenvalue weighted by molar-refractivity contribution is -0.00106. The number of nitrogens with zero attached hydrogens (tertiary/aromatic N) is 5. The van der Waals surface area contributed by atoms with Gasteiger partial charge in [-0.2, -0.15) is 4.98 Å². The average molecular weight is 394 g/mol. The summed E-state index contributed by atoms with van der Waals surface area (Å²) in [4.78, 5) is 4.48. The molecule has 0 saturated heterocycles. The Hall–Kier alpha value is -3.03. The number of aromatic nitrogens is 5. The molecular weight excluding hydrogens is 378 g/mol. The Labute approximate surface area is 165 Å². The first-order valence-electron chi connectivity index (χ1n) is 8.88. The minimum Gasteiger partial charge on any atom is -0.365 e. The molecule has 1 atom stereocenters. The van der Waals surface area contributed by atoms with E-state index in [4.69, 9.17) is 20.9 Å². The summed E-state index contributed by atoms with van der Waals surface area (Å²) in [5, 5.41) is 13.3. The number of benzene rings is 2. The largest absolute Gasteiger partial charge is 0.365 e. The van der Waals surface area contributed by atoms with Gasteiger partial charge in [0.2, 0.25) is 5.82 Å². The molecule has 2 aromatic heterocycles. The highest BCUT2D eigenvalue weighted by molar-refractivity contribution is 6.31. The van der Waals surface area contributed by atoms with E-state index in [0.717, 1.165) is 16.8 Å². The fourth-order valence-corrected chi connectivity index (χ4v) is 3.50. The molecule has 0 N–H and O–H groups in total. The van der Waals surface area contributed by atoms with Gasteiger partial charge in [0.25, 0.3) is 5.89 Å².